The van der Waals surface area contributed by atoms with Gasteiger partial charge >= 0.3 is 27.1 Å². The lowest BCUT2D eigenvalue weighted by atomic mass is 9.83. The predicted molar refractivity (Wildman–Crippen MR) is 174 cm³/mol. The largest absolute Gasteiger partial charge is 0.463 e. The highest BCUT2D eigenvalue weighted by atomic mass is 31.2. The first-order valence-corrected chi connectivity index (χ1v) is 18.8. The third kappa shape index (κ3) is 11.5. The first-order valence-electron chi connectivity index (χ1n) is 15.3. The Labute approximate surface area is 275 Å². The van der Waals surface area contributed by atoms with Crippen LogP contribution in [0, 0.1) is 11.8 Å². The molecule has 0 radical (unpaired) electrons. The molecular weight excluding hydrogens is 646 g/mol. The Morgan fingerprint density at radius 3 is 1.53 bits per heavy atom. The normalized spacial score (nSPS) is 22.6. The maximum absolute atomic E-state index is 14.8. The molecule has 3 aromatic rings. The van der Waals surface area contributed by atoms with E-state index < -0.39 is 51.5 Å². The summed E-state index contributed by atoms with van der Waals surface area (Å²) in [6, 6.07) is 27.1. The highest BCUT2D eigenvalue weighted by Gasteiger charge is 2.49. The van der Waals surface area contributed by atoms with Crippen molar-refractivity contribution in [2.75, 3.05) is 12.5 Å². The summed E-state index contributed by atoms with van der Waals surface area (Å²) >= 11 is 0. The lowest BCUT2D eigenvalue weighted by Crippen LogP contribution is -2.53. The van der Waals surface area contributed by atoms with Crippen LogP contribution in [0.25, 0.3) is 0 Å². The number of ether oxygens (including phenoxy) is 3. The molecule has 47 heavy (non-hydrogen) atoms. The molecule has 1 aliphatic rings. The molecule has 3 aromatic carbocycles. The summed E-state index contributed by atoms with van der Waals surface area (Å²) in [6.45, 7) is 5.74. The molecule has 1 heterocycles. The van der Waals surface area contributed by atoms with Crippen LogP contribution in [0.4, 0.5) is 0 Å². The Balaban J connectivity index is 1.66. The van der Waals surface area contributed by atoms with Crippen molar-refractivity contribution in [1.82, 2.24) is 0 Å². The zero-order valence-electron chi connectivity index (χ0n) is 27.0. The SMILES string of the molecule is CC(=O)OCC1OC(OP(=O)(CP(=O)(OCc2ccccc2)OCc2ccccc2)OCc2ccccc2)C(OC(C)=O)[C@@H](C)[C@@H]1C. The molecule has 254 valence electrons. The fraction of sp³-hybridized carbons (Fsp3) is 0.412. The molecule has 11 nitrogen and oxygen atoms in total. The van der Waals surface area contributed by atoms with E-state index in [4.69, 9.17) is 32.3 Å². The second kappa shape index (κ2) is 17.3. The van der Waals surface area contributed by atoms with E-state index in [9.17, 15) is 18.7 Å². The summed E-state index contributed by atoms with van der Waals surface area (Å²) in [7, 11) is -8.67. The number of benzene rings is 3. The molecule has 0 saturated carbocycles. The van der Waals surface area contributed by atoms with Crippen molar-refractivity contribution < 1.29 is 51.0 Å². The smallest absolute Gasteiger partial charge is 0.345 e. The maximum Gasteiger partial charge on any atom is 0.345 e. The van der Waals surface area contributed by atoms with Gasteiger partial charge in [-0.2, -0.15) is 0 Å². The van der Waals surface area contributed by atoms with Crippen LogP contribution in [0.15, 0.2) is 91.0 Å². The van der Waals surface area contributed by atoms with Crippen molar-refractivity contribution in [2.24, 2.45) is 11.8 Å². The van der Waals surface area contributed by atoms with Gasteiger partial charge in [-0.15, -0.1) is 0 Å². The van der Waals surface area contributed by atoms with E-state index in [2.05, 4.69) is 0 Å². The van der Waals surface area contributed by atoms with Crippen molar-refractivity contribution in [2.45, 2.75) is 66.0 Å². The summed E-state index contributed by atoms with van der Waals surface area (Å²) in [4.78, 5) is 23.8. The molecule has 1 aliphatic heterocycles. The predicted octanol–water partition coefficient (Wildman–Crippen LogP) is 7.49. The van der Waals surface area contributed by atoms with Crippen LogP contribution in [-0.2, 0) is 70.8 Å². The minimum absolute atomic E-state index is 0.0966. The van der Waals surface area contributed by atoms with Gasteiger partial charge in [-0.25, -0.2) is 0 Å². The molecule has 1 fully saturated rings. The highest BCUT2D eigenvalue weighted by molar-refractivity contribution is 7.71. The third-order valence-electron chi connectivity index (χ3n) is 7.69. The zero-order valence-corrected chi connectivity index (χ0v) is 28.8. The second-order valence-corrected chi connectivity index (χ2v) is 15.9. The molecular formula is C34H42O11P2. The Morgan fingerprint density at radius 1 is 0.660 bits per heavy atom. The standard InChI is InChI=1S/C34H42O11P2/c1-25-26(2)33(43-28(4)36)34(44-32(25)23-39-27(3)35)45-47(38,42-22-31-18-12-7-13-19-31)24-46(37,40-20-29-14-8-5-9-15-29)41-21-30-16-10-6-11-17-30/h5-19,25-26,32-34H,20-24H2,1-4H3/t25-,26-,32?,33?,34?,47?/m0/s1. The molecule has 4 unspecified atom stereocenters. The fourth-order valence-corrected chi connectivity index (χ4v) is 9.53. The van der Waals surface area contributed by atoms with Crippen LogP contribution in [0.3, 0.4) is 0 Å². The van der Waals surface area contributed by atoms with E-state index in [-0.39, 0.29) is 38.3 Å². The molecule has 0 spiro atoms. The van der Waals surface area contributed by atoms with Gasteiger partial charge in [0.1, 0.15) is 6.61 Å². The van der Waals surface area contributed by atoms with Gasteiger partial charge < -0.3 is 27.8 Å². The molecule has 4 rings (SSSR count). The molecule has 0 amide bonds. The first kappa shape index (κ1) is 36.7. The molecule has 0 bridgehead atoms. The number of carbonyl (C=O) groups is 2. The molecule has 0 N–H and O–H groups in total. The van der Waals surface area contributed by atoms with Crippen LogP contribution < -0.4 is 0 Å². The van der Waals surface area contributed by atoms with Gasteiger partial charge in [0.2, 0.25) is 6.29 Å². The molecule has 0 aromatic heterocycles. The van der Waals surface area contributed by atoms with Gasteiger partial charge in [-0.05, 0) is 22.6 Å². The summed E-state index contributed by atoms with van der Waals surface area (Å²) in [5.74, 6) is -2.50. The summed E-state index contributed by atoms with van der Waals surface area (Å²) in [5.41, 5.74) is 2.12. The lowest BCUT2D eigenvalue weighted by Gasteiger charge is -2.44. The molecule has 6 atom stereocenters. The number of carbonyl (C=O) groups excluding carboxylic acids is 2. The van der Waals surface area contributed by atoms with E-state index in [0.717, 1.165) is 11.1 Å². The monoisotopic (exact) mass is 688 g/mol. The van der Waals surface area contributed by atoms with Crippen LogP contribution in [0.5, 0.6) is 0 Å². The Morgan fingerprint density at radius 2 is 1.11 bits per heavy atom. The molecule has 13 heteroatoms. The van der Waals surface area contributed by atoms with Crippen LogP contribution in [-0.4, -0.2) is 42.9 Å². The molecule has 0 aliphatic carbocycles. The summed E-state index contributed by atoms with van der Waals surface area (Å²) < 4.78 is 70.2. The Hall–Kier alpha value is -3.14. The topological polar surface area (TPSA) is 133 Å². The van der Waals surface area contributed by atoms with Crippen LogP contribution in [0.1, 0.15) is 44.4 Å². The Bertz CT molecular complexity index is 1470. The number of esters is 2. The minimum Gasteiger partial charge on any atom is -0.463 e. The van der Waals surface area contributed by atoms with Crippen molar-refractivity contribution in [3.63, 3.8) is 0 Å². The van der Waals surface area contributed by atoms with E-state index in [1.54, 1.807) is 48.5 Å². The summed E-state index contributed by atoms with van der Waals surface area (Å²) in [5, 5.41) is 0. The first-order chi connectivity index (χ1) is 22.5. The van der Waals surface area contributed by atoms with E-state index in [1.165, 1.54) is 13.8 Å². The Kier molecular flexibility index (Phi) is 13.5. The maximum atomic E-state index is 14.8. The highest BCUT2D eigenvalue weighted by Crippen LogP contribution is 2.66. The van der Waals surface area contributed by atoms with Gasteiger partial charge in [0.25, 0.3) is 0 Å². The average Bonchev–Trinajstić information content (AvgIpc) is 3.06. The van der Waals surface area contributed by atoms with Crippen molar-refractivity contribution in [3.8, 4) is 0 Å². The van der Waals surface area contributed by atoms with Crippen LogP contribution >= 0.6 is 15.2 Å². The molecule has 1 saturated heterocycles. The average molecular weight is 689 g/mol. The van der Waals surface area contributed by atoms with Crippen molar-refractivity contribution in [1.29, 1.82) is 0 Å². The van der Waals surface area contributed by atoms with E-state index in [1.807, 2.05) is 56.3 Å². The number of hydrogen-bond donors (Lipinski definition) is 0. The van der Waals surface area contributed by atoms with Crippen molar-refractivity contribution >= 4 is 27.1 Å². The van der Waals surface area contributed by atoms with Crippen LogP contribution in [0.2, 0.25) is 0 Å². The van der Waals surface area contributed by atoms with Gasteiger partial charge in [0.15, 0.2) is 12.0 Å². The summed E-state index contributed by atoms with van der Waals surface area (Å²) in [6.07, 6.45) is -3.13. The van der Waals surface area contributed by atoms with Gasteiger partial charge in [0, 0.05) is 19.8 Å². The minimum atomic E-state index is -4.45. The van der Waals surface area contributed by atoms with Gasteiger partial charge in [0.05, 0.1) is 25.9 Å². The van der Waals surface area contributed by atoms with Crippen molar-refractivity contribution in [3.05, 3.63) is 108 Å². The van der Waals surface area contributed by atoms with E-state index >= 15 is 0 Å². The van der Waals surface area contributed by atoms with Gasteiger partial charge in [-0.1, -0.05) is 105 Å². The van der Waals surface area contributed by atoms with E-state index in [0.29, 0.717) is 5.56 Å². The lowest BCUT2D eigenvalue weighted by molar-refractivity contribution is -0.255. The zero-order chi connectivity index (χ0) is 33.9. The quantitative estimate of drug-likeness (QED) is 0.110. The number of hydrogen-bond acceptors (Lipinski definition) is 11. The number of rotatable bonds is 16. The third-order valence-corrected chi connectivity index (χ3v) is 12.6. The fourth-order valence-electron chi connectivity index (χ4n) is 4.92. The van der Waals surface area contributed by atoms with Gasteiger partial charge in [-0.3, -0.25) is 23.2 Å². The second-order valence-electron chi connectivity index (χ2n) is 11.4.